The lowest BCUT2D eigenvalue weighted by Gasteiger charge is -2.13. The number of para-hydroxylation sites is 1. The minimum Gasteiger partial charge on any atom is -0.462 e. The van der Waals surface area contributed by atoms with Crippen LogP contribution in [0.1, 0.15) is 29.9 Å². The van der Waals surface area contributed by atoms with Crippen LogP contribution in [-0.4, -0.2) is 48.7 Å². The molecule has 1 aromatic heterocycles. The van der Waals surface area contributed by atoms with Crippen molar-refractivity contribution in [3.05, 3.63) is 41.7 Å². The highest BCUT2D eigenvalue weighted by Gasteiger charge is 2.28. The number of rotatable bonds is 6. The summed E-state index contributed by atoms with van der Waals surface area (Å²) in [4.78, 5) is 26.9. The SMILES string of the molecule is CCOC(=O)/C(=C/N(C)C)c1c(C(=O)OCC)n(C)c2ccccc12. The van der Waals surface area contributed by atoms with Gasteiger partial charge in [-0.2, -0.15) is 0 Å². The van der Waals surface area contributed by atoms with Crippen LogP contribution in [0.15, 0.2) is 30.5 Å². The molecule has 0 fully saturated rings. The summed E-state index contributed by atoms with van der Waals surface area (Å²) >= 11 is 0. The molecule has 0 saturated carbocycles. The van der Waals surface area contributed by atoms with Gasteiger partial charge in [0, 0.05) is 43.8 Å². The van der Waals surface area contributed by atoms with E-state index in [4.69, 9.17) is 9.47 Å². The Kier molecular flexibility index (Phi) is 5.85. The Bertz CT molecular complexity index is 818. The summed E-state index contributed by atoms with van der Waals surface area (Å²) < 4.78 is 12.2. The number of aromatic nitrogens is 1. The lowest BCUT2D eigenvalue weighted by atomic mass is 10.0. The number of benzene rings is 1. The Hall–Kier alpha value is -2.76. The third kappa shape index (κ3) is 3.68. The number of carbonyl (C=O) groups excluding carboxylic acids is 2. The van der Waals surface area contributed by atoms with Crippen molar-refractivity contribution in [2.45, 2.75) is 13.8 Å². The van der Waals surface area contributed by atoms with Crippen LogP contribution in [0.5, 0.6) is 0 Å². The highest BCUT2D eigenvalue weighted by Crippen LogP contribution is 2.32. The smallest absolute Gasteiger partial charge is 0.355 e. The predicted molar refractivity (Wildman–Crippen MR) is 97.2 cm³/mol. The number of aryl methyl sites for hydroxylation is 1. The predicted octanol–water partition coefficient (Wildman–Crippen LogP) is 2.82. The zero-order valence-electron chi connectivity index (χ0n) is 15.3. The van der Waals surface area contributed by atoms with Gasteiger partial charge in [0.15, 0.2) is 0 Å². The van der Waals surface area contributed by atoms with E-state index in [2.05, 4.69) is 0 Å². The average Bonchev–Trinajstić information content (AvgIpc) is 2.86. The molecular weight excluding hydrogens is 320 g/mol. The Balaban J connectivity index is 2.82. The number of hydrogen-bond acceptors (Lipinski definition) is 5. The Morgan fingerprint density at radius 3 is 2.36 bits per heavy atom. The van der Waals surface area contributed by atoms with Gasteiger partial charge in [0.2, 0.25) is 0 Å². The third-order valence-corrected chi connectivity index (χ3v) is 3.73. The largest absolute Gasteiger partial charge is 0.462 e. The van der Waals surface area contributed by atoms with Crippen LogP contribution in [0, 0.1) is 0 Å². The summed E-state index contributed by atoms with van der Waals surface area (Å²) in [7, 11) is 5.42. The fourth-order valence-corrected chi connectivity index (χ4v) is 2.79. The molecule has 0 saturated heterocycles. The maximum absolute atomic E-state index is 12.6. The van der Waals surface area contributed by atoms with E-state index >= 15 is 0 Å². The molecule has 0 amide bonds. The van der Waals surface area contributed by atoms with Gasteiger partial charge in [-0.15, -0.1) is 0 Å². The minimum absolute atomic E-state index is 0.253. The van der Waals surface area contributed by atoms with E-state index < -0.39 is 11.9 Å². The van der Waals surface area contributed by atoms with E-state index in [-0.39, 0.29) is 13.2 Å². The molecule has 0 aliphatic heterocycles. The fourth-order valence-electron chi connectivity index (χ4n) is 2.79. The molecule has 0 atom stereocenters. The molecule has 1 heterocycles. The van der Waals surface area contributed by atoms with Crippen LogP contribution < -0.4 is 0 Å². The number of ether oxygens (including phenoxy) is 2. The standard InChI is InChI=1S/C19H24N2O4/c1-6-24-18(22)14(12-20(3)4)16-13-10-8-9-11-15(13)21(5)17(16)19(23)25-7-2/h8-12H,6-7H2,1-5H3/b14-12+. The zero-order chi connectivity index (χ0) is 18.6. The number of hydrogen-bond donors (Lipinski definition) is 0. The van der Waals surface area contributed by atoms with Crippen LogP contribution in [0.25, 0.3) is 16.5 Å². The molecule has 0 aliphatic rings. The van der Waals surface area contributed by atoms with E-state index in [9.17, 15) is 9.59 Å². The first-order valence-corrected chi connectivity index (χ1v) is 8.22. The van der Waals surface area contributed by atoms with Gasteiger partial charge in [0.05, 0.1) is 18.8 Å². The highest BCUT2D eigenvalue weighted by atomic mass is 16.5. The van der Waals surface area contributed by atoms with Gasteiger partial charge in [-0.05, 0) is 19.9 Å². The Labute approximate surface area is 147 Å². The van der Waals surface area contributed by atoms with Crippen LogP contribution in [-0.2, 0) is 21.3 Å². The maximum Gasteiger partial charge on any atom is 0.355 e. The molecule has 2 aromatic rings. The van der Waals surface area contributed by atoms with Crippen molar-refractivity contribution in [3.63, 3.8) is 0 Å². The second kappa shape index (κ2) is 7.88. The average molecular weight is 344 g/mol. The number of nitrogens with zero attached hydrogens (tertiary/aromatic N) is 2. The number of esters is 2. The van der Waals surface area contributed by atoms with E-state index in [0.717, 1.165) is 10.9 Å². The van der Waals surface area contributed by atoms with Crippen LogP contribution >= 0.6 is 0 Å². The molecule has 6 nitrogen and oxygen atoms in total. The second-order valence-electron chi connectivity index (χ2n) is 5.75. The summed E-state index contributed by atoms with van der Waals surface area (Å²) in [5, 5.41) is 0.800. The normalized spacial score (nSPS) is 11.5. The van der Waals surface area contributed by atoms with Crippen LogP contribution in [0.2, 0.25) is 0 Å². The van der Waals surface area contributed by atoms with Crippen molar-refractivity contribution in [1.82, 2.24) is 9.47 Å². The molecule has 25 heavy (non-hydrogen) atoms. The molecule has 2 rings (SSSR count). The topological polar surface area (TPSA) is 60.8 Å². The molecule has 0 spiro atoms. The first-order chi connectivity index (χ1) is 11.9. The number of carbonyl (C=O) groups is 2. The monoisotopic (exact) mass is 344 g/mol. The van der Waals surface area contributed by atoms with Crippen molar-refractivity contribution in [2.24, 2.45) is 7.05 Å². The zero-order valence-corrected chi connectivity index (χ0v) is 15.3. The van der Waals surface area contributed by atoms with Crippen LogP contribution in [0.4, 0.5) is 0 Å². The lowest BCUT2D eigenvalue weighted by molar-refractivity contribution is -0.136. The summed E-state index contributed by atoms with van der Waals surface area (Å²) in [5.74, 6) is -0.941. The van der Waals surface area contributed by atoms with Gasteiger partial charge < -0.3 is 18.9 Å². The molecule has 0 bridgehead atoms. The molecule has 134 valence electrons. The number of fused-ring (bicyclic) bond motifs is 1. The van der Waals surface area contributed by atoms with Gasteiger partial charge >= 0.3 is 11.9 Å². The highest BCUT2D eigenvalue weighted by molar-refractivity contribution is 6.23. The molecule has 0 radical (unpaired) electrons. The van der Waals surface area contributed by atoms with E-state index in [1.807, 2.05) is 38.4 Å². The van der Waals surface area contributed by atoms with Gasteiger partial charge in [-0.25, -0.2) is 9.59 Å². The summed E-state index contributed by atoms with van der Waals surface area (Å²) in [6.45, 7) is 4.01. The second-order valence-corrected chi connectivity index (χ2v) is 5.75. The molecule has 6 heteroatoms. The summed E-state index contributed by atoms with van der Waals surface area (Å²) in [6.07, 6.45) is 1.67. The van der Waals surface area contributed by atoms with Crippen molar-refractivity contribution >= 4 is 28.4 Å². The fraction of sp³-hybridized carbons (Fsp3) is 0.368. The van der Waals surface area contributed by atoms with Gasteiger partial charge in [-0.1, -0.05) is 18.2 Å². The van der Waals surface area contributed by atoms with E-state index in [0.29, 0.717) is 16.8 Å². The van der Waals surface area contributed by atoms with Gasteiger partial charge in [0.25, 0.3) is 0 Å². The maximum atomic E-state index is 12.6. The van der Waals surface area contributed by atoms with Crippen molar-refractivity contribution in [2.75, 3.05) is 27.3 Å². The molecule has 0 N–H and O–H groups in total. The van der Waals surface area contributed by atoms with Gasteiger partial charge in [0.1, 0.15) is 5.69 Å². The Morgan fingerprint density at radius 2 is 1.76 bits per heavy atom. The molecular formula is C19H24N2O4. The van der Waals surface area contributed by atoms with Crippen molar-refractivity contribution < 1.29 is 19.1 Å². The van der Waals surface area contributed by atoms with Crippen molar-refractivity contribution in [3.8, 4) is 0 Å². The quantitative estimate of drug-likeness (QED) is 0.596. The van der Waals surface area contributed by atoms with Crippen molar-refractivity contribution in [1.29, 1.82) is 0 Å². The van der Waals surface area contributed by atoms with E-state index in [1.165, 1.54) is 0 Å². The first kappa shape index (κ1) is 18.6. The third-order valence-electron chi connectivity index (χ3n) is 3.73. The minimum atomic E-state index is -0.474. The molecule has 0 aliphatic carbocycles. The van der Waals surface area contributed by atoms with E-state index in [1.54, 1.807) is 36.6 Å². The lowest BCUT2D eigenvalue weighted by Crippen LogP contribution is -2.16. The van der Waals surface area contributed by atoms with Crippen LogP contribution in [0.3, 0.4) is 0 Å². The Morgan fingerprint density at radius 1 is 1.12 bits per heavy atom. The summed E-state index contributed by atoms with van der Waals surface area (Å²) in [6, 6.07) is 7.55. The molecule has 0 unspecified atom stereocenters. The van der Waals surface area contributed by atoms with Gasteiger partial charge in [-0.3, -0.25) is 0 Å². The molecule has 1 aromatic carbocycles. The first-order valence-electron chi connectivity index (χ1n) is 8.22. The summed E-state index contributed by atoms with van der Waals surface area (Å²) in [5.41, 5.74) is 2.04.